The third kappa shape index (κ3) is 3.44. The van der Waals surface area contributed by atoms with Crippen molar-refractivity contribution < 1.29 is 44.2 Å². The van der Waals surface area contributed by atoms with Crippen LogP contribution in [0.15, 0.2) is 60.7 Å². The van der Waals surface area contributed by atoms with Crippen LogP contribution in [0.3, 0.4) is 0 Å². The molecule has 9 heteroatoms. The quantitative estimate of drug-likeness (QED) is 0.398. The smallest absolute Gasteiger partial charge is 0.341 e. The third-order valence-corrected chi connectivity index (χ3v) is 5.60. The number of hydrogen-bond donors (Lipinski definition) is 4. The summed E-state index contributed by atoms with van der Waals surface area (Å²) in [5.41, 5.74) is -2.30. The summed E-state index contributed by atoms with van der Waals surface area (Å²) < 4.78 is 22.2. The lowest BCUT2D eigenvalue weighted by atomic mass is 9.79. The van der Waals surface area contributed by atoms with Gasteiger partial charge in [-0.1, -0.05) is 36.4 Å². The number of benzene rings is 2. The fraction of sp³-hybridized carbons (Fsp3) is 0.409. The minimum atomic E-state index is -2.91. The fourth-order valence-electron chi connectivity index (χ4n) is 4.11. The second kappa shape index (κ2) is 7.77. The number of ether oxygens (including phenoxy) is 4. The van der Waals surface area contributed by atoms with Crippen LogP contribution in [0.1, 0.15) is 19.8 Å². The molecular weight excluding hydrogens is 408 g/mol. The van der Waals surface area contributed by atoms with Crippen LogP contribution in [0.4, 0.5) is 0 Å². The average molecular weight is 432 g/mol. The highest BCUT2D eigenvalue weighted by Gasteiger charge is 2.80. The summed E-state index contributed by atoms with van der Waals surface area (Å²) in [6.07, 6.45) is -4.72. The maximum Gasteiger partial charge on any atom is 0.341 e. The second-order valence-corrected chi connectivity index (χ2v) is 7.70. The molecule has 2 aliphatic rings. The highest BCUT2D eigenvalue weighted by atomic mass is 16.8. The lowest BCUT2D eigenvalue weighted by Crippen LogP contribution is -2.83. The summed E-state index contributed by atoms with van der Waals surface area (Å²) >= 11 is 0. The molecule has 4 N–H and O–H groups in total. The monoisotopic (exact) mass is 432 g/mol. The van der Waals surface area contributed by atoms with Crippen LogP contribution in [0.5, 0.6) is 11.5 Å². The zero-order valence-corrected chi connectivity index (χ0v) is 16.7. The van der Waals surface area contributed by atoms with Crippen LogP contribution in [-0.4, -0.2) is 62.1 Å². The first-order valence-electron chi connectivity index (χ1n) is 9.85. The van der Waals surface area contributed by atoms with Crippen LogP contribution < -0.4 is 9.47 Å². The number of aliphatic hydroxyl groups is 4. The molecule has 1 heterocycles. The van der Waals surface area contributed by atoms with Gasteiger partial charge in [0, 0.05) is 6.92 Å². The Bertz CT molecular complexity index is 923. The van der Waals surface area contributed by atoms with Crippen molar-refractivity contribution in [2.24, 2.45) is 0 Å². The number of esters is 1. The van der Waals surface area contributed by atoms with Gasteiger partial charge in [0.05, 0.1) is 6.10 Å². The summed E-state index contributed by atoms with van der Waals surface area (Å²) in [7, 11) is 0. The summed E-state index contributed by atoms with van der Waals surface area (Å²) in [6.45, 7) is 1.08. The lowest BCUT2D eigenvalue weighted by Gasteiger charge is -2.56. The Morgan fingerprint density at radius 1 is 0.968 bits per heavy atom. The van der Waals surface area contributed by atoms with Crippen molar-refractivity contribution in [3.05, 3.63) is 60.7 Å². The first-order valence-corrected chi connectivity index (χ1v) is 9.85. The van der Waals surface area contributed by atoms with Gasteiger partial charge >= 0.3 is 17.5 Å². The largest absolute Gasteiger partial charge is 0.453 e. The molecule has 1 saturated carbocycles. The van der Waals surface area contributed by atoms with E-state index >= 15 is 0 Å². The Morgan fingerprint density at radius 2 is 1.52 bits per heavy atom. The molecular formula is C22H24O9. The Balaban J connectivity index is 1.87. The molecule has 0 bridgehead atoms. The predicted molar refractivity (Wildman–Crippen MR) is 105 cm³/mol. The predicted octanol–water partition coefficient (Wildman–Crippen LogP) is 0.695. The number of hydrogen-bond acceptors (Lipinski definition) is 9. The summed E-state index contributed by atoms with van der Waals surface area (Å²) in [5.74, 6) is -6.48. The zero-order chi connectivity index (χ0) is 22.3. The Kier molecular flexibility index (Phi) is 5.40. The molecule has 31 heavy (non-hydrogen) atoms. The molecule has 1 aliphatic carbocycles. The third-order valence-electron chi connectivity index (χ3n) is 5.60. The summed E-state index contributed by atoms with van der Waals surface area (Å²) in [6, 6.07) is 15.9. The van der Waals surface area contributed by atoms with Crippen molar-refractivity contribution in [1.82, 2.24) is 0 Å². The molecule has 0 aromatic heterocycles. The van der Waals surface area contributed by atoms with Gasteiger partial charge in [-0.05, 0) is 37.1 Å². The molecule has 166 valence electrons. The van der Waals surface area contributed by atoms with Crippen molar-refractivity contribution in [2.75, 3.05) is 0 Å². The lowest BCUT2D eigenvalue weighted by molar-refractivity contribution is -0.482. The molecule has 0 spiro atoms. The zero-order valence-electron chi connectivity index (χ0n) is 16.7. The molecule has 0 amide bonds. The molecule has 6 atom stereocenters. The van der Waals surface area contributed by atoms with Gasteiger partial charge in [0.1, 0.15) is 17.6 Å². The van der Waals surface area contributed by atoms with Gasteiger partial charge in [0.15, 0.2) is 5.60 Å². The van der Waals surface area contributed by atoms with E-state index in [1.807, 2.05) is 0 Å². The SMILES string of the molecule is CC(=O)OC1O[C@@H]2C(O)CC[C@]2(O)[C@@](O)(Oc2ccccc2)[C@]1(O)Oc1ccccc1. The van der Waals surface area contributed by atoms with Crippen LogP contribution >= 0.6 is 0 Å². The average Bonchev–Trinajstić information content (AvgIpc) is 3.04. The minimum Gasteiger partial charge on any atom is -0.453 e. The van der Waals surface area contributed by atoms with E-state index < -0.39 is 41.6 Å². The molecule has 4 rings (SSSR count). The van der Waals surface area contributed by atoms with Crippen LogP contribution in [-0.2, 0) is 14.3 Å². The Labute approximate surface area is 178 Å². The first kappa shape index (κ1) is 21.5. The minimum absolute atomic E-state index is 0.0375. The standard InChI is InChI=1S/C22H24O9/c1-14(23)28-19-21(26,30-15-8-4-2-5-9-15)22(27,31-16-10-6-3-7-11-16)20(25)13-12-17(24)18(20)29-19/h2-11,17-19,24-27H,12-13H2,1H3/t17?,18-,19?,20-,21-,22-/m1/s1. The van der Waals surface area contributed by atoms with Gasteiger partial charge in [-0.2, -0.15) is 0 Å². The number of carbonyl (C=O) groups is 1. The summed E-state index contributed by atoms with van der Waals surface area (Å²) in [4.78, 5) is 11.8. The van der Waals surface area contributed by atoms with E-state index in [0.717, 1.165) is 6.92 Å². The normalized spacial score (nSPS) is 37.0. The Morgan fingerprint density at radius 3 is 2.06 bits per heavy atom. The Hall–Kier alpha value is -2.69. The molecule has 2 aromatic carbocycles. The molecule has 1 saturated heterocycles. The first-order chi connectivity index (χ1) is 14.7. The number of aliphatic hydroxyl groups excluding tert-OH is 1. The molecule has 2 aromatic rings. The highest BCUT2D eigenvalue weighted by molar-refractivity contribution is 5.66. The number of carbonyl (C=O) groups excluding carboxylic acids is 1. The van der Waals surface area contributed by atoms with Crippen molar-refractivity contribution in [2.45, 2.75) is 55.4 Å². The van der Waals surface area contributed by atoms with Gasteiger partial charge in [-0.25, -0.2) is 0 Å². The van der Waals surface area contributed by atoms with Crippen LogP contribution in [0.25, 0.3) is 0 Å². The van der Waals surface area contributed by atoms with E-state index in [1.54, 1.807) is 36.4 Å². The number of fused-ring (bicyclic) bond motifs is 1. The van der Waals surface area contributed by atoms with E-state index in [0.29, 0.717) is 0 Å². The van der Waals surface area contributed by atoms with Gasteiger partial charge in [0.25, 0.3) is 6.29 Å². The van der Waals surface area contributed by atoms with Crippen molar-refractivity contribution in [1.29, 1.82) is 0 Å². The van der Waals surface area contributed by atoms with Crippen molar-refractivity contribution in [3.63, 3.8) is 0 Å². The van der Waals surface area contributed by atoms with E-state index in [2.05, 4.69) is 0 Å². The highest BCUT2D eigenvalue weighted by Crippen LogP contribution is 2.52. The van der Waals surface area contributed by atoms with Gasteiger partial charge in [-0.15, -0.1) is 0 Å². The van der Waals surface area contributed by atoms with E-state index in [4.69, 9.17) is 18.9 Å². The number of rotatable bonds is 5. The second-order valence-electron chi connectivity index (χ2n) is 7.70. The van der Waals surface area contributed by atoms with Crippen LogP contribution in [0.2, 0.25) is 0 Å². The van der Waals surface area contributed by atoms with Gasteiger partial charge in [0.2, 0.25) is 0 Å². The summed E-state index contributed by atoms with van der Waals surface area (Å²) in [5, 5.41) is 45.3. The fourth-order valence-corrected chi connectivity index (χ4v) is 4.11. The maximum absolute atomic E-state index is 11.8. The van der Waals surface area contributed by atoms with Crippen LogP contribution in [0, 0.1) is 0 Å². The molecule has 0 radical (unpaired) electrons. The van der Waals surface area contributed by atoms with Gasteiger partial charge < -0.3 is 39.4 Å². The maximum atomic E-state index is 11.8. The molecule has 1 aliphatic heterocycles. The van der Waals surface area contributed by atoms with Gasteiger partial charge in [-0.3, -0.25) is 4.79 Å². The number of para-hydroxylation sites is 2. The van der Waals surface area contributed by atoms with Crippen molar-refractivity contribution >= 4 is 5.97 Å². The van der Waals surface area contributed by atoms with E-state index in [-0.39, 0.29) is 24.3 Å². The molecule has 2 fully saturated rings. The van der Waals surface area contributed by atoms with E-state index in [9.17, 15) is 25.2 Å². The van der Waals surface area contributed by atoms with E-state index in [1.165, 1.54) is 24.3 Å². The molecule has 9 nitrogen and oxygen atoms in total. The topological polar surface area (TPSA) is 135 Å². The van der Waals surface area contributed by atoms with Crippen molar-refractivity contribution in [3.8, 4) is 11.5 Å². The molecule has 2 unspecified atom stereocenters.